The minimum absolute atomic E-state index is 0.0231. The van der Waals surface area contributed by atoms with Crippen LogP contribution in [-0.2, 0) is 4.74 Å². The number of carbonyl (C=O) groups excluding carboxylic acids is 1. The predicted octanol–water partition coefficient (Wildman–Crippen LogP) is 2.52. The van der Waals surface area contributed by atoms with Crippen LogP contribution in [0.3, 0.4) is 0 Å². The molecule has 1 aromatic rings. The lowest BCUT2D eigenvalue weighted by atomic mass is 9.99. The van der Waals surface area contributed by atoms with E-state index in [0.29, 0.717) is 24.1 Å². The molecule has 2 atom stereocenters. The maximum atomic E-state index is 11.9. The number of ether oxygens (including phenoxy) is 1. The average molecular weight is 265 g/mol. The number of carbonyl (C=O) groups is 1. The third-order valence-electron chi connectivity index (χ3n) is 3.40. The number of hydrogen-bond acceptors (Lipinski definition) is 3. The lowest BCUT2D eigenvalue weighted by Crippen LogP contribution is -2.32. The van der Waals surface area contributed by atoms with Gasteiger partial charge in [0.05, 0.1) is 6.10 Å². The quantitative estimate of drug-likeness (QED) is 0.821. The summed E-state index contributed by atoms with van der Waals surface area (Å²) in [6.07, 6.45) is 2.34. The number of amides is 1. The zero-order valence-electron chi connectivity index (χ0n) is 10.6. The van der Waals surface area contributed by atoms with Gasteiger partial charge >= 0.3 is 0 Å². The van der Waals surface area contributed by atoms with E-state index in [1.165, 1.54) is 0 Å². The summed E-state index contributed by atoms with van der Waals surface area (Å²) in [5.74, 6) is 0.424. The molecule has 0 saturated carbocycles. The first kappa shape index (κ1) is 13.4. The van der Waals surface area contributed by atoms with Crippen molar-refractivity contribution in [3.8, 4) is 0 Å². The van der Waals surface area contributed by atoms with Crippen LogP contribution in [0.1, 0.15) is 30.1 Å². The summed E-state index contributed by atoms with van der Waals surface area (Å²) in [5, 5.41) is 2.98. The summed E-state index contributed by atoms with van der Waals surface area (Å²) >= 11 is 4.20. The largest absolute Gasteiger partial charge is 0.378 e. The molecule has 1 aromatic carbocycles. The highest BCUT2D eigenvalue weighted by atomic mass is 32.1. The fourth-order valence-corrected chi connectivity index (χ4v) is 2.47. The lowest BCUT2D eigenvalue weighted by Gasteiger charge is -2.17. The van der Waals surface area contributed by atoms with Crippen LogP contribution in [0, 0.1) is 5.92 Å². The zero-order chi connectivity index (χ0) is 13.0. The van der Waals surface area contributed by atoms with Crippen molar-refractivity contribution < 1.29 is 9.53 Å². The number of benzene rings is 1. The first-order valence-corrected chi connectivity index (χ1v) is 6.84. The standard InChI is InChI=1S/C14H19NO2S/c1-2-13-11(7-8-17-13)9-15-14(16)10-3-5-12(18)6-4-10/h3-6,11,13,18H,2,7-9H2,1H3,(H,15,16). The zero-order valence-corrected chi connectivity index (χ0v) is 11.5. The Bertz CT molecular complexity index is 405. The summed E-state index contributed by atoms with van der Waals surface area (Å²) in [6.45, 7) is 3.63. The second-order valence-corrected chi connectivity index (χ2v) is 5.14. The molecule has 1 heterocycles. The van der Waals surface area contributed by atoms with Crippen molar-refractivity contribution in [3.63, 3.8) is 0 Å². The number of rotatable bonds is 4. The Hall–Kier alpha value is -1.00. The van der Waals surface area contributed by atoms with E-state index in [2.05, 4.69) is 24.9 Å². The van der Waals surface area contributed by atoms with Gasteiger partial charge in [-0.3, -0.25) is 4.79 Å². The van der Waals surface area contributed by atoms with Crippen LogP contribution in [0.4, 0.5) is 0 Å². The third kappa shape index (κ3) is 3.27. The molecule has 98 valence electrons. The molecular weight excluding hydrogens is 246 g/mol. The number of hydrogen-bond donors (Lipinski definition) is 2. The molecular formula is C14H19NO2S. The first-order chi connectivity index (χ1) is 8.70. The Kier molecular flexibility index (Phi) is 4.66. The fraction of sp³-hybridized carbons (Fsp3) is 0.500. The van der Waals surface area contributed by atoms with Crippen LogP contribution < -0.4 is 5.32 Å². The normalized spacial score (nSPS) is 23.0. The van der Waals surface area contributed by atoms with Gasteiger partial charge in [0.2, 0.25) is 0 Å². The van der Waals surface area contributed by atoms with E-state index in [-0.39, 0.29) is 5.91 Å². The second kappa shape index (κ2) is 6.25. The molecule has 0 aliphatic carbocycles. The Balaban J connectivity index is 1.86. The summed E-state index contributed by atoms with van der Waals surface area (Å²) < 4.78 is 5.61. The Morgan fingerprint density at radius 3 is 2.83 bits per heavy atom. The monoisotopic (exact) mass is 265 g/mol. The molecule has 0 spiro atoms. The van der Waals surface area contributed by atoms with Gasteiger partial charge in [-0.2, -0.15) is 0 Å². The van der Waals surface area contributed by atoms with Crippen LogP contribution in [0.25, 0.3) is 0 Å². The fourth-order valence-electron chi connectivity index (χ4n) is 2.32. The van der Waals surface area contributed by atoms with Gasteiger partial charge < -0.3 is 10.1 Å². The van der Waals surface area contributed by atoms with Crippen molar-refractivity contribution in [2.24, 2.45) is 5.92 Å². The summed E-state index contributed by atoms with van der Waals surface area (Å²) in [6, 6.07) is 7.23. The number of thiol groups is 1. The molecule has 1 fully saturated rings. The number of nitrogens with one attached hydrogen (secondary N) is 1. The van der Waals surface area contributed by atoms with Crippen LogP contribution in [0.5, 0.6) is 0 Å². The molecule has 1 N–H and O–H groups in total. The van der Waals surface area contributed by atoms with Crippen molar-refractivity contribution in [2.45, 2.75) is 30.8 Å². The van der Waals surface area contributed by atoms with E-state index >= 15 is 0 Å². The van der Waals surface area contributed by atoms with E-state index in [4.69, 9.17) is 4.74 Å². The molecule has 1 aliphatic heterocycles. The minimum atomic E-state index is -0.0231. The van der Waals surface area contributed by atoms with Crippen molar-refractivity contribution in [1.29, 1.82) is 0 Å². The van der Waals surface area contributed by atoms with Crippen LogP contribution >= 0.6 is 12.6 Å². The lowest BCUT2D eigenvalue weighted by molar-refractivity contribution is 0.0827. The molecule has 3 nitrogen and oxygen atoms in total. The molecule has 4 heteroatoms. The predicted molar refractivity (Wildman–Crippen MR) is 74.2 cm³/mol. The van der Waals surface area contributed by atoms with E-state index in [1.807, 2.05) is 12.1 Å². The molecule has 1 saturated heterocycles. The van der Waals surface area contributed by atoms with Crippen LogP contribution in [0.15, 0.2) is 29.2 Å². The van der Waals surface area contributed by atoms with Gasteiger partial charge in [0.15, 0.2) is 0 Å². The highest BCUT2D eigenvalue weighted by Gasteiger charge is 2.26. The summed E-state index contributed by atoms with van der Waals surface area (Å²) in [5.41, 5.74) is 0.680. The van der Waals surface area contributed by atoms with Gasteiger partial charge in [-0.15, -0.1) is 12.6 Å². The topological polar surface area (TPSA) is 38.3 Å². The summed E-state index contributed by atoms with van der Waals surface area (Å²) in [7, 11) is 0. The average Bonchev–Trinajstić information content (AvgIpc) is 2.84. The van der Waals surface area contributed by atoms with E-state index < -0.39 is 0 Å². The first-order valence-electron chi connectivity index (χ1n) is 6.39. The third-order valence-corrected chi connectivity index (χ3v) is 3.70. The molecule has 1 aliphatic rings. The molecule has 0 radical (unpaired) electrons. The second-order valence-electron chi connectivity index (χ2n) is 4.62. The van der Waals surface area contributed by atoms with Gasteiger partial charge in [-0.1, -0.05) is 6.92 Å². The molecule has 2 rings (SSSR count). The molecule has 2 unspecified atom stereocenters. The van der Waals surface area contributed by atoms with Crippen LogP contribution in [-0.4, -0.2) is 25.2 Å². The highest BCUT2D eigenvalue weighted by molar-refractivity contribution is 7.80. The Morgan fingerprint density at radius 2 is 2.17 bits per heavy atom. The highest BCUT2D eigenvalue weighted by Crippen LogP contribution is 2.22. The van der Waals surface area contributed by atoms with Gasteiger partial charge in [0.25, 0.3) is 5.91 Å². The van der Waals surface area contributed by atoms with Gasteiger partial charge in [-0.25, -0.2) is 0 Å². The van der Waals surface area contributed by atoms with Gasteiger partial charge in [0, 0.05) is 29.5 Å². The summed E-state index contributed by atoms with van der Waals surface area (Å²) in [4.78, 5) is 12.8. The van der Waals surface area contributed by atoms with E-state index in [0.717, 1.165) is 24.3 Å². The van der Waals surface area contributed by atoms with Crippen LogP contribution in [0.2, 0.25) is 0 Å². The molecule has 0 aromatic heterocycles. The maximum Gasteiger partial charge on any atom is 0.251 e. The van der Waals surface area contributed by atoms with E-state index in [1.54, 1.807) is 12.1 Å². The minimum Gasteiger partial charge on any atom is -0.378 e. The van der Waals surface area contributed by atoms with Crippen molar-refractivity contribution in [3.05, 3.63) is 29.8 Å². The Labute approximate surface area is 113 Å². The van der Waals surface area contributed by atoms with Crippen molar-refractivity contribution >= 4 is 18.5 Å². The van der Waals surface area contributed by atoms with E-state index in [9.17, 15) is 4.79 Å². The SMILES string of the molecule is CCC1OCCC1CNC(=O)c1ccc(S)cc1. The molecule has 1 amide bonds. The van der Waals surface area contributed by atoms with Crippen molar-refractivity contribution in [2.75, 3.05) is 13.2 Å². The Morgan fingerprint density at radius 1 is 1.44 bits per heavy atom. The smallest absolute Gasteiger partial charge is 0.251 e. The maximum absolute atomic E-state index is 11.9. The molecule has 0 bridgehead atoms. The van der Waals surface area contributed by atoms with Crippen molar-refractivity contribution in [1.82, 2.24) is 5.32 Å². The van der Waals surface area contributed by atoms with Gasteiger partial charge in [-0.05, 0) is 37.1 Å². The van der Waals surface area contributed by atoms with Gasteiger partial charge in [0.1, 0.15) is 0 Å². The molecule has 18 heavy (non-hydrogen) atoms.